The summed E-state index contributed by atoms with van der Waals surface area (Å²) in [5, 5.41) is 0. The summed E-state index contributed by atoms with van der Waals surface area (Å²) in [6, 6.07) is 10.2. The van der Waals surface area contributed by atoms with Crippen LogP contribution in [0, 0.1) is 6.92 Å². The first-order valence-corrected chi connectivity index (χ1v) is 11.7. The molecule has 2 aromatic carbocycles. The van der Waals surface area contributed by atoms with Crippen molar-refractivity contribution in [1.29, 1.82) is 0 Å². The second-order valence-corrected chi connectivity index (χ2v) is 8.56. The number of rotatable bonds is 7. The minimum absolute atomic E-state index is 0.0166. The van der Waals surface area contributed by atoms with Crippen LogP contribution in [0.15, 0.2) is 30.3 Å². The Kier molecular flexibility index (Phi) is 6.60. The van der Waals surface area contributed by atoms with Crippen molar-refractivity contribution >= 4 is 11.6 Å². The predicted molar refractivity (Wildman–Crippen MR) is 127 cm³/mol. The van der Waals surface area contributed by atoms with Crippen LogP contribution in [-0.2, 0) is 0 Å². The summed E-state index contributed by atoms with van der Waals surface area (Å²) in [4.78, 5) is 18.3. The molecule has 32 heavy (non-hydrogen) atoms. The van der Waals surface area contributed by atoms with Crippen molar-refractivity contribution in [2.24, 2.45) is 0 Å². The molecular formula is C26H34N2O4. The van der Waals surface area contributed by atoms with E-state index in [0.717, 1.165) is 25.2 Å². The number of amides is 1. The number of hydrogen-bond donors (Lipinski definition) is 0. The number of likely N-dealkylation sites (tertiary alicyclic amines) is 1. The zero-order valence-electron chi connectivity index (χ0n) is 19.8. The van der Waals surface area contributed by atoms with Gasteiger partial charge in [0.1, 0.15) is 0 Å². The van der Waals surface area contributed by atoms with Gasteiger partial charge in [-0.1, -0.05) is 17.7 Å². The third kappa shape index (κ3) is 4.04. The molecule has 0 unspecified atom stereocenters. The molecule has 0 aromatic heterocycles. The van der Waals surface area contributed by atoms with Crippen molar-refractivity contribution in [3.05, 3.63) is 47.0 Å². The number of likely N-dealkylation sites (N-methyl/N-ethyl adjacent to an activating group) is 1. The molecule has 2 aromatic rings. The molecule has 1 fully saturated rings. The van der Waals surface area contributed by atoms with Crippen LogP contribution in [-0.4, -0.2) is 56.8 Å². The highest BCUT2D eigenvalue weighted by atomic mass is 16.5. The molecule has 0 spiro atoms. The van der Waals surface area contributed by atoms with E-state index in [0.29, 0.717) is 48.6 Å². The maximum absolute atomic E-state index is 14.0. The minimum Gasteiger partial charge on any atom is -0.490 e. The monoisotopic (exact) mass is 438 g/mol. The molecule has 2 heterocycles. The average Bonchev–Trinajstić information content (AvgIpc) is 3.08. The summed E-state index contributed by atoms with van der Waals surface area (Å²) in [6.07, 6.45) is 0.953. The van der Waals surface area contributed by atoms with Gasteiger partial charge in [-0.15, -0.1) is 0 Å². The Bertz CT molecular complexity index is 963. The number of nitrogens with zero attached hydrogens (tertiary/aromatic N) is 2. The van der Waals surface area contributed by atoms with E-state index < -0.39 is 0 Å². The van der Waals surface area contributed by atoms with Gasteiger partial charge in [0, 0.05) is 29.8 Å². The second-order valence-electron chi connectivity index (χ2n) is 8.56. The predicted octanol–water partition coefficient (Wildman–Crippen LogP) is 4.64. The van der Waals surface area contributed by atoms with Crippen LogP contribution in [0.1, 0.15) is 54.6 Å². The topological polar surface area (TPSA) is 51.2 Å². The van der Waals surface area contributed by atoms with Crippen LogP contribution in [0.25, 0.3) is 0 Å². The molecule has 0 radical (unpaired) electrons. The van der Waals surface area contributed by atoms with Gasteiger partial charge >= 0.3 is 0 Å². The Morgan fingerprint density at radius 3 is 2.28 bits per heavy atom. The van der Waals surface area contributed by atoms with Crippen LogP contribution >= 0.6 is 0 Å². The van der Waals surface area contributed by atoms with Gasteiger partial charge < -0.3 is 24.0 Å². The number of piperidine rings is 1. The van der Waals surface area contributed by atoms with Gasteiger partial charge in [-0.2, -0.15) is 0 Å². The standard InChI is InChI=1S/C26H34N2O4/c1-6-30-23-14-18(15-24(31-7-2)25(23)32-8-3)26(29)28-21-10-9-17(4)13-19(21)20-16-27(5)12-11-22(20)28/h9-10,13-15,20,22H,6-8,11-12,16H2,1-5H3/t20-,22+/m0/s1. The van der Waals surface area contributed by atoms with E-state index in [9.17, 15) is 4.79 Å². The third-order valence-corrected chi connectivity index (χ3v) is 6.33. The fraction of sp³-hybridized carbons (Fsp3) is 0.500. The fourth-order valence-electron chi connectivity index (χ4n) is 5.00. The number of anilines is 1. The first-order chi connectivity index (χ1) is 15.5. The van der Waals surface area contributed by atoms with Crippen molar-refractivity contribution in [3.8, 4) is 17.2 Å². The van der Waals surface area contributed by atoms with Gasteiger partial charge in [0.2, 0.25) is 5.75 Å². The van der Waals surface area contributed by atoms with Crippen molar-refractivity contribution in [1.82, 2.24) is 4.90 Å². The van der Waals surface area contributed by atoms with Crippen molar-refractivity contribution in [2.45, 2.75) is 46.1 Å². The van der Waals surface area contributed by atoms with E-state index in [4.69, 9.17) is 14.2 Å². The van der Waals surface area contributed by atoms with Crippen LogP contribution < -0.4 is 19.1 Å². The van der Waals surface area contributed by atoms with Gasteiger partial charge in [-0.3, -0.25) is 4.79 Å². The van der Waals surface area contributed by atoms with Gasteiger partial charge in [0.15, 0.2) is 11.5 Å². The van der Waals surface area contributed by atoms with Crippen LogP contribution in [0.2, 0.25) is 0 Å². The highest BCUT2D eigenvalue weighted by Gasteiger charge is 2.44. The lowest BCUT2D eigenvalue weighted by molar-refractivity contribution is 0.0963. The van der Waals surface area contributed by atoms with Gasteiger partial charge in [-0.25, -0.2) is 0 Å². The molecule has 0 saturated carbocycles. The first kappa shape index (κ1) is 22.5. The lowest BCUT2D eigenvalue weighted by atomic mass is 9.88. The molecule has 1 amide bonds. The molecule has 2 atom stereocenters. The van der Waals surface area contributed by atoms with Crippen LogP contribution in [0.3, 0.4) is 0 Å². The van der Waals surface area contributed by atoms with E-state index >= 15 is 0 Å². The molecule has 4 rings (SSSR count). The molecular weight excluding hydrogens is 404 g/mol. The van der Waals surface area contributed by atoms with E-state index in [2.05, 4.69) is 37.1 Å². The number of carbonyl (C=O) groups excluding carboxylic acids is 1. The van der Waals surface area contributed by atoms with Crippen molar-refractivity contribution in [3.63, 3.8) is 0 Å². The maximum Gasteiger partial charge on any atom is 0.258 e. The average molecular weight is 439 g/mol. The lowest BCUT2D eigenvalue weighted by Crippen LogP contribution is -2.47. The van der Waals surface area contributed by atoms with Crippen LogP contribution in [0.4, 0.5) is 5.69 Å². The van der Waals surface area contributed by atoms with Gasteiger partial charge in [0.05, 0.1) is 19.8 Å². The SMILES string of the molecule is CCOc1cc(C(=O)N2c3ccc(C)cc3[C@@H]3CN(C)CC[C@H]32)cc(OCC)c1OCC. The minimum atomic E-state index is -0.0166. The first-order valence-electron chi connectivity index (χ1n) is 11.7. The maximum atomic E-state index is 14.0. The molecule has 0 bridgehead atoms. The lowest BCUT2D eigenvalue weighted by Gasteiger charge is -2.36. The molecule has 6 nitrogen and oxygen atoms in total. The van der Waals surface area contributed by atoms with E-state index in [1.807, 2.05) is 25.7 Å². The molecule has 0 N–H and O–H groups in total. The number of ether oxygens (including phenoxy) is 3. The van der Waals surface area contributed by atoms with E-state index in [1.54, 1.807) is 12.1 Å². The Balaban J connectivity index is 1.78. The Hall–Kier alpha value is -2.73. The number of hydrogen-bond acceptors (Lipinski definition) is 5. The number of aryl methyl sites for hydroxylation is 1. The Morgan fingerprint density at radius 2 is 1.66 bits per heavy atom. The molecule has 2 aliphatic rings. The van der Waals surface area contributed by atoms with Gasteiger partial charge in [-0.05, 0) is 71.5 Å². The molecule has 6 heteroatoms. The molecule has 172 valence electrons. The van der Waals surface area contributed by atoms with Crippen molar-refractivity contribution in [2.75, 3.05) is 44.9 Å². The largest absolute Gasteiger partial charge is 0.490 e. The molecule has 0 aliphatic carbocycles. The van der Waals surface area contributed by atoms with Gasteiger partial charge in [0.25, 0.3) is 5.91 Å². The summed E-state index contributed by atoms with van der Waals surface area (Å²) in [5.74, 6) is 1.96. The number of fused-ring (bicyclic) bond motifs is 3. The third-order valence-electron chi connectivity index (χ3n) is 6.33. The molecule has 1 saturated heterocycles. The quantitative estimate of drug-likeness (QED) is 0.630. The van der Waals surface area contributed by atoms with Crippen molar-refractivity contribution < 1.29 is 19.0 Å². The Labute approximate surface area is 191 Å². The van der Waals surface area contributed by atoms with E-state index in [-0.39, 0.29) is 11.9 Å². The highest BCUT2D eigenvalue weighted by molar-refractivity contribution is 6.08. The summed E-state index contributed by atoms with van der Waals surface area (Å²) in [5.41, 5.74) is 4.08. The number of benzene rings is 2. The summed E-state index contributed by atoms with van der Waals surface area (Å²) in [7, 11) is 2.16. The number of carbonyl (C=O) groups is 1. The molecule has 2 aliphatic heterocycles. The van der Waals surface area contributed by atoms with Crippen LogP contribution in [0.5, 0.6) is 17.2 Å². The second kappa shape index (κ2) is 9.41. The highest BCUT2D eigenvalue weighted by Crippen LogP contribution is 2.46. The Morgan fingerprint density at radius 1 is 1.00 bits per heavy atom. The zero-order valence-corrected chi connectivity index (χ0v) is 19.8. The van der Waals surface area contributed by atoms with E-state index in [1.165, 1.54) is 11.1 Å². The zero-order chi connectivity index (χ0) is 22.8. The smallest absolute Gasteiger partial charge is 0.258 e. The summed E-state index contributed by atoms with van der Waals surface area (Å²) in [6.45, 7) is 11.3. The summed E-state index contributed by atoms with van der Waals surface area (Å²) >= 11 is 0. The normalized spacial score (nSPS) is 20.0. The summed E-state index contributed by atoms with van der Waals surface area (Å²) < 4.78 is 17.5. The fourth-order valence-corrected chi connectivity index (χ4v) is 5.00.